The molecular weight excluding hydrogens is 230 g/mol. The first-order valence-electron chi connectivity index (χ1n) is 4.24. The van der Waals surface area contributed by atoms with Gasteiger partial charge in [0.2, 0.25) is 0 Å². The van der Waals surface area contributed by atoms with Crippen LogP contribution in [-0.4, -0.2) is 9.97 Å². The summed E-state index contributed by atoms with van der Waals surface area (Å²) in [7, 11) is 0. The number of nitrogen functional groups attached to an aromatic ring is 1. The van der Waals surface area contributed by atoms with E-state index in [1.165, 1.54) is 18.1 Å². The average Bonchev–Trinajstić information content (AvgIpc) is 2.25. The summed E-state index contributed by atoms with van der Waals surface area (Å²) < 4.78 is 0. The standard InChI is InChI=1S/C10H8ClN3S/c11-7-1-2-8(12)9(5-7)15-10-3-4-13-6-14-10/h1-6H,12H2. The van der Waals surface area contributed by atoms with Crippen LogP contribution in [0.3, 0.4) is 0 Å². The van der Waals surface area contributed by atoms with Crippen LogP contribution in [-0.2, 0) is 0 Å². The molecular formula is C10H8ClN3S. The lowest BCUT2D eigenvalue weighted by molar-refractivity contribution is 1.05. The molecule has 0 aliphatic heterocycles. The third-order valence-corrected chi connectivity index (χ3v) is 3.00. The molecule has 0 amide bonds. The number of hydrogen-bond acceptors (Lipinski definition) is 4. The van der Waals surface area contributed by atoms with Gasteiger partial charge in [-0.2, -0.15) is 0 Å². The normalized spacial score (nSPS) is 10.2. The zero-order valence-corrected chi connectivity index (χ0v) is 9.29. The minimum atomic E-state index is 0.667. The van der Waals surface area contributed by atoms with E-state index in [4.69, 9.17) is 17.3 Å². The Morgan fingerprint density at radius 1 is 1.27 bits per heavy atom. The van der Waals surface area contributed by atoms with Gasteiger partial charge in [-0.25, -0.2) is 9.97 Å². The maximum absolute atomic E-state index is 5.88. The molecule has 0 bridgehead atoms. The van der Waals surface area contributed by atoms with Crippen LogP contribution in [0, 0.1) is 0 Å². The Hall–Kier alpha value is -1.26. The van der Waals surface area contributed by atoms with E-state index in [1.807, 2.05) is 12.1 Å². The van der Waals surface area contributed by atoms with E-state index in [9.17, 15) is 0 Å². The SMILES string of the molecule is Nc1ccc(Cl)cc1Sc1ccncn1. The molecule has 15 heavy (non-hydrogen) atoms. The Bertz CT molecular complexity index is 461. The molecule has 2 N–H and O–H groups in total. The smallest absolute Gasteiger partial charge is 0.116 e. The third-order valence-electron chi connectivity index (χ3n) is 1.74. The summed E-state index contributed by atoms with van der Waals surface area (Å²) in [6, 6.07) is 7.20. The number of anilines is 1. The van der Waals surface area contributed by atoms with Gasteiger partial charge in [0, 0.05) is 21.8 Å². The van der Waals surface area contributed by atoms with Crippen LogP contribution in [0.4, 0.5) is 5.69 Å². The van der Waals surface area contributed by atoms with Crippen LogP contribution < -0.4 is 5.73 Å². The van der Waals surface area contributed by atoms with E-state index in [-0.39, 0.29) is 0 Å². The number of rotatable bonds is 2. The van der Waals surface area contributed by atoms with E-state index < -0.39 is 0 Å². The summed E-state index contributed by atoms with van der Waals surface area (Å²) in [6.45, 7) is 0. The summed E-state index contributed by atoms with van der Waals surface area (Å²) in [5.74, 6) is 0. The second-order valence-corrected chi connectivity index (χ2v) is 4.33. The van der Waals surface area contributed by atoms with E-state index in [0.717, 1.165) is 9.92 Å². The Morgan fingerprint density at radius 2 is 2.13 bits per heavy atom. The van der Waals surface area contributed by atoms with E-state index in [0.29, 0.717) is 10.7 Å². The Kier molecular flexibility index (Phi) is 3.08. The van der Waals surface area contributed by atoms with Crippen molar-refractivity contribution in [2.24, 2.45) is 0 Å². The Morgan fingerprint density at radius 3 is 2.87 bits per heavy atom. The highest BCUT2D eigenvalue weighted by Crippen LogP contribution is 2.32. The van der Waals surface area contributed by atoms with Crippen molar-refractivity contribution in [2.75, 3.05) is 5.73 Å². The van der Waals surface area contributed by atoms with Crippen LogP contribution in [0.15, 0.2) is 46.7 Å². The van der Waals surface area contributed by atoms with Crippen LogP contribution in [0.25, 0.3) is 0 Å². The molecule has 0 spiro atoms. The molecule has 1 aromatic heterocycles. The molecule has 0 atom stereocenters. The van der Waals surface area contributed by atoms with Crippen molar-refractivity contribution < 1.29 is 0 Å². The Balaban J connectivity index is 2.28. The summed E-state index contributed by atoms with van der Waals surface area (Å²) in [5.41, 5.74) is 6.51. The van der Waals surface area contributed by atoms with Gasteiger partial charge in [-0.15, -0.1) is 0 Å². The van der Waals surface area contributed by atoms with Crippen molar-refractivity contribution in [1.29, 1.82) is 0 Å². The maximum Gasteiger partial charge on any atom is 0.116 e. The fourth-order valence-corrected chi connectivity index (χ4v) is 2.11. The Labute approximate surface area is 96.7 Å². The molecule has 0 saturated carbocycles. The summed E-state index contributed by atoms with van der Waals surface area (Å²) >= 11 is 7.35. The fourth-order valence-electron chi connectivity index (χ4n) is 1.05. The van der Waals surface area contributed by atoms with Crippen molar-refractivity contribution in [3.63, 3.8) is 0 Å². The van der Waals surface area contributed by atoms with Gasteiger partial charge in [0.1, 0.15) is 11.4 Å². The predicted molar refractivity (Wildman–Crippen MR) is 62.0 cm³/mol. The van der Waals surface area contributed by atoms with Gasteiger partial charge in [-0.3, -0.25) is 0 Å². The molecule has 0 aliphatic carbocycles. The third kappa shape index (κ3) is 2.61. The topological polar surface area (TPSA) is 51.8 Å². The minimum absolute atomic E-state index is 0.667. The quantitative estimate of drug-likeness (QED) is 0.645. The molecule has 5 heteroatoms. The van der Waals surface area contributed by atoms with Crippen LogP contribution >= 0.6 is 23.4 Å². The van der Waals surface area contributed by atoms with Gasteiger partial charge in [0.05, 0.1) is 0 Å². The number of nitrogens with two attached hydrogens (primary N) is 1. The lowest BCUT2D eigenvalue weighted by Gasteiger charge is -2.04. The monoisotopic (exact) mass is 237 g/mol. The minimum Gasteiger partial charge on any atom is -0.398 e. The van der Waals surface area contributed by atoms with Crippen molar-refractivity contribution in [3.8, 4) is 0 Å². The van der Waals surface area contributed by atoms with Gasteiger partial charge in [-0.1, -0.05) is 23.4 Å². The highest BCUT2D eigenvalue weighted by Gasteiger charge is 2.03. The maximum atomic E-state index is 5.88. The molecule has 0 saturated heterocycles. The van der Waals surface area contributed by atoms with Crippen LogP contribution in [0.2, 0.25) is 5.02 Å². The first-order chi connectivity index (χ1) is 7.25. The van der Waals surface area contributed by atoms with Gasteiger partial charge in [0.15, 0.2) is 0 Å². The summed E-state index contributed by atoms with van der Waals surface area (Å²) in [4.78, 5) is 8.85. The second-order valence-electron chi connectivity index (χ2n) is 2.83. The van der Waals surface area contributed by atoms with E-state index >= 15 is 0 Å². The number of aromatic nitrogens is 2. The van der Waals surface area contributed by atoms with Crippen molar-refractivity contribution in [3.05, 3.63) is 41.8 Å². The zero-order chi connectivity index (χ0) is 10.7. The zero-order valence-electron chi connectivity index (χ0n) is 7.72. The molecule has 0 aliphatic rings. The predicted octanol–water partition coefficient (Wildman–Crippen LogP) is 2.86. The highest BCUT2D eigenvalue weighted by atomic mass is 35.5. The van der Waals surface area contributed by atoms with E-state index in [1.54, 1.807) is 18.3 Å². The number of hydrogen-bond donors (Lipinski definition) is 1. The van der Waals surface area contributed by atoms with Gasteiger partial charge in [0.25, 0.3) is 0 Å². The van der Waals surface area contributed by atoms with Gasteiger partial charge < -0.3 is 5.73 Å². The van der Waals surface area contributed by atoms with Crippen molar-refractivity contribution >= 4 is 29.1 Å². The molecule has 2 aromatic rings. The van der Waals surface area contributed by atoms with Crippen molar-refractivity contribution in [2.45, 2.75) is 9.92 Å². The first-order valence-corrected chi connectivity index (χ1v) is 5.44. The van der Waals surface area contributed by atoms with Gasteiger partial charge in [-0.05, 0) is 24.3 Å². The fraction of sp³-hybridized carbons (Fsp3) is 0. The molecule has 3 nitrogen and oxygen atoms in total. The molecule has 1 aromatic carbocycles. The average molecular weight is 238 g/mol. The summed E-state index contributed by atoms with van der Waals surface area (Å²) in [6.07, 6.45) is 3.19. The summed E-state index contributed by atoms with van der Waals surface area (Å²) in [5, 5.41) is 1.51. The molecule has 0 fully saturated rings. The number of benzene rings is 1. The van der Waals surface area contributed by atoms with Crippen LogP contribution in [0.5, 0.6) is 0 Å². The number of nitrogens with zero attached hydrogens (tertiary/aromatic N) is 2. The van der Waals surface area contributed by atoms with Gasteiger partial charge >= 0.3 is 0 Å². The molecule has 1 heterocycles. The number of halogens is 1. The molecule has 0 unspecified atom stereocenters. The van der Waals surface area contributed by atoms with E-state index in [2.05, 4.69) is 9.97 Å². The largest absolute Gasteiger partial charge is 0.398 e. The van der Waals surface area contributed by atoms with Crippen molar-refractivity contribution in [1.82, 2.24) is 9.97 Å². The lowest BCUT2D eigenvalue weighted by Crippen LogP contribution is -1.88. The molecule has 76 valence electrons. The highest BCUT2D eigenvalue weighted by molar-refractivity contribution is 7.99. The first kappa shape index (κ1) is 10.3. The molecule has 0 radical (unpaired) electrons. The lowest BCUT2D eigenvalue weighted by atomic mass is 10.3. The molecule has 2 rings (SSSR count). The second kappa shape index (κ2) is 4.51. The van der Waals surface area contributed by atoms with Crippen LogP contribution in [0.1, 0.15) is 0 Å².